The van der Waals surface area contributed by atoms with E-state index in [-0.39, 0.29) is 18.5 Å². The first-order valence-corrected chi connectivity index (χ1v) is 10.1. The number of para-hydroxylation sites is 1. The summed E-state index contributed by atoms with van der Waals surface area (Å²) in [5, 5.41) is 2.69. The molecule has 3 rings (SSSR count). The second-order valence-electron chi connectivity index (χ2n) is 6.52. The molecular weight excluding hydrogens is 374 g/mol. The van der Waals surface area contributed by atoms with Gasteiger partial charge in [-0.2, -0.15) is 8.78 Å². The molecule has 2 aromatic carbocycles. The third-order valence-corrected chi connectivity index (χ3v) is 6.08. The molecule has 1 atom stereocenters. The number of amides is 1. The van der Waals surface area contributed by atoms with Crippen LogP contribution in [0.3, 0.4) is 0 Å². The predicted molar refractivity (Wildman–Crippen MR) is 99.8 cm³/mol. The van der Waals surface area contributed by atoms with Crippen molar-refractivity contribution in [1.82, 2.24) is 0 Å². The van der Waals surface area contributed by atoms with Crippen molar-refractivity contribution in [2.45, 2.75) is 36.5 Å². The van der Waals surface area contributed by atoms with Gasteiger partial charge in [-0.1, -0.05) is 18.2 Å². The highest BCUT2D eigenvalue weighted by Gasteiger charge is 2.27. The van der Waals surface area contributed by atoms with Gasteiger partial charge >= 0.3 is 5.76 Å². The summed E-state index contributed by atoms with van der Waals surface area (Å²) in [5.41, 5.74) is 2.58. The van der Waals surface area contributed by atoms with Crippen LogP contribution in [0.25, 0.3) is 0 Å². The van der Waals surface area contributed by atoms with Crippen molar-refractivity contribution in [1.29, 1.82) is 0 Å². The van der Waals surface area contributed by atoms with E-state index in [9.17, 15) is 22.0 Å². The topological polar surface area (TPSA) is 66.5 Å². The smallest absolute Gasteiger partial charge is 0.341 e. The molecule has 0 bridgehead atoms. The molecule has 27 heavy (non-hydrogen) atoms. The number of fused-ring (bicyclic) bond motifs is 1. The van der Waals surface area contributed by atoms with E-state index < -0.39 is 20.5 Å². The molecule has 0 saturated carbocycles. The average Bonchev–Trinajstić information content (AvgIpc) is 2.64. The number of nitrogens with one attached hydrogen (secondary N) is 1. The van der Waals surface area contributed by atoms with E-state index in [2.05, 4.69) is 12.2 Å². The number of anilines is 2. The monoisotopic (exact) mass is 394 g/mol. The van der Waals surface area contributed by atoms with Crippen LogP contribution in [0.2, 0.25) is 0 Å². The number of hydrogen-bond acceptors (Lipinski definition) is 4. The summed E-state index contributed by atoms with van der Waals surface area (Å²) >= 11 is 0. The maximum Gasteiger partial charge on any atom is 0.341 e. The summed E-state index contributed by atoms with van der Waals surface area (Å²) in [4.78, 5) is 14.0. The van der Waals surface area contributed by atoms with Gasteiger partial charge in [-0.3, -0.25) is 4.79 Å². The van der Waals surface area contributed by atoms with E-state index in [1.54, 1.807) is 0 Å². The average molecular weight is 394 g/mol. The lowest BCUT2D eigenvalue weighted by molar-refractivity contribution is -0.115. The van der Waals surface area contributed by atoms with Crippen molar-refractivity contribution in [3.05, 3.63) is 54.1 Å². The molecule has 0 aliphatic carbocycles. The molecule has 1 aliphatic heterocycles. The van der Waals surface area contributed by atoms with Crippen LogP contribution >= 0.6 is 0 Å². The molecule has 0 saturated heterocycles. The van der Waals surface area contributed by atoms with Gasteiger partial charge in [-0.25, -0.2) is 8.42 Å². The quantitative estimate of drug-likeness (QED) is 0.843. The van der Waals surface area contributed by atoms with Crippen LogP contribution < -0.4 is 10.2 Å². The zero-order chi connectivity index (χ0) is 19.6. The predicted octanol–water partition coefficient (Wildman–Crippen LogP) is 3.46. The Morgan fingerprint density at radius 1 is 1.19 bits per heavy atom. The fourth-order valence-corrected chi connectivity index (χ4v) is 3.91. The Bertz CT molecular complexity index is 930. The Labute approximate surface area is 156 Å². The van der Waals surface area contributed by atoms with Gasteiger partial charge < -0.3 is 10.2 Å². The molecule has 1 amide bonds. The van der Waals surface area contributed by atoms with Gasteiger partial charge in [0.2, 0.25) is 15.7 Å². The number of aryl methyl sites for hydroxylation is 1. The van der Waals surface area contributed by atoms with Gasteiger partial charge in [0.1, 0.15) is 0 Å². The maximum atomic E-state index is 12.6. The Hall–Kier alpha value is -2.48. The summed E-state index contributed by atoms with van der Waals surface area (Å²) in [7, 11) is -4.64. The third-order valence-electron chi connectivity index (χ3n) is 4.68. The summed E-state index contributed by atoms with van der Waals surface area (Å²) in [5.74, 6) is -3.73. The molecular formula is C19H20F2N2O3S. The highest BCUT2D eigenvalue weighted by atomic mass is 32.2. The number of rotatable bonds is 5. The van der Waals surface area contributed by atoms with Crippen molar-refractivity contribution in [3.63, 3.8) is 0 Å². The largest absolute Gasteiger partial charge is 0.359 e. The van der Waals surface area contributed by atoms with E-state index >= 15 is 0 Å². The molecule has 8 heteroatoms. The highest BCUT2D eigenvalue weighted by Crippen LogP contribution is 2.30. The highest BCUT2D eigenvalue weighted by molar-refractivity contribution is 7.91. The summed E-state index contributed by atoms with van der Waals surface area (Å²) < 4.78 is 48.0. The molecule has 144 valence electrons. The number of halogens is 2. The van der Waals surface area contributed by atoms with Gasteiger partial charge in [-0.15, -0.1) is 0 Å². The van der Waals surface area contributed by atoms with Crippen molar-refractivity contribution < 1.29 is 22.0 Å². The fraction of sp³-hybridized carbons (Fsp3) is 0.316. The fourth-order valence-electron chi connectivity index (χ4n) is 3.19. The summed E-state index contributed by atoms with van der Waals surface area (Å²) in [6.45, 7) is 2.21. The first-order valence-electron chi connectivity index (χ1n) is 8.55. The van der Waals surface area contributed by atoms with Gasteiger partial charge in [-0.05, 0) is 55.7 Å². The van der Waals surface area contributed by atoms with Gasteiger partial charge in [0.05, 0.1) is 11.4 Å². The SMILES string of the molecule is CC1CCc2ccccc2N1CC(=O)Nc1ccc(S(=O)(=O)C(F)F)cc1. The van der Waals surface area contributed by atoms with Gasteiger partial charge in [0, 0.05) is 17.4 Å². The zero-order valence-electron chi connectivity index (χ0n) is 14.7. The molecule has 0 radical (unpaired) electrons. The minimum absolute atomic E-state index is 0.148. The lowest BCUT2D eigenvalue weighted by Gasteiger charge is -2.36. The molecule has 1 unspecified atom stereocenters. The minimum atomic E-state index is -4.64. The minimum Gasteiger partial charge on any atom is -0.359 e. The molecule has 1 heterocycles. The second kappa shape index (κ2) is 7.64. The van der Waals surface area contributed by atoms with Crippen LogP contribution in [0.5, 0.6) is 0 Å². The van der Waals surface area contributed by atoms with Crippen molar-refractivity contribution >= 4 is 27.1 Å². The normalized spacial score (nSPS) is 16.9. The molecule has 1 aliphatic rings. The van der Waals surface area contributed by atoms with Crippen LogP contribution in [0.1, 0.15) is 18.9 Å². The molecule has 0 fully saturated rings. The van der Waals surface area contributed by atoms with Crippen molar-refractivity contribution in [2.24, 2.45) is 0 Å². The number of carbonyl (C=O) groups is 1. The number of sulfone groups is 1. The van der Waals surface area contributed by atoms with E-state index in [0.29, 0.717) is 5.69 Å². The Balaban J connectivity index is 1.70. The van der Waals surface area contributed by atoms with Crippen molar-refractivity contribution in [2.75, 3.05) is 16.8 Å². The van der Waals surface area contributed by atoms with E-state index in [4.69, 9.17) is 0 Å². The third kappa shape index (κ3) is 4.10. The van der Waals surface area contributed by atoms with Crippen LogP contribution in [-0.4, -0.2) is 32.7 Å². The molecule has 5 nitrogen and oxygen atoms in total. The Morgan fingerprint density at radius 2 is 1.85 bits per heavy atom. The van der Waals surface area contributed by atoms with Gasteiger partial charge in [0.15, 0.2) is 0 Å². The maximum absolute atomic E-state index is 12.6. The standard InChI is InChI=1S/C19H20F2N2O3S/c1-13-6-7-14-4-2-3-5-17(14)23(13)12-18(24)22-15-8-10-16(11-9-15)27(25,26)19(20)21/h2-5,8-11,13,19H,6-7,12H2,1H3,(H,22,24). The second-order valence-corrected chi connectivity index (χ2v) is 8.44. The number of nitrogens with zero attached hydrogens (tertiary/aromatic N) is 1. The molecule has 0 aromatic heterocycles. The van der Waals surface area contributed by atoms with E-state index in [0.717, 1.165) is 30.7 Å². The van der Waals surface area contributed by atoms with E-state index in [1.807, 2.05) is 29.2 Å². The van der Waals surface area contributed by atoms with Crippen LogP contribution in [0.15, 0.2) is 53.4 Å². The lowest BCUT2D eigenvalue weighted by atomic mass is 9.96. The molecule has 2 aromatic rings. The van der Waals surface area contributed by atoms with E-state index in [1.165, 1.54) is 17.7 Å². The number of hydrogen-bond donors (Lipinski definition) is 1. The van der Waals surface area contributed by atoms with Crippen LogP contribution in [0.4, 0.5) is 20.2 Å². The number of carbonyl (C=O) groups excluding carboxylic acids is 1. The van der Waals surface area contributed by atoms with Crippen LogP contribution in [-0.2, 0) is 21.1 Å². The Kier molecular flexibility index (Phi) is 5.46. The van der Waals surface area contributed by atoms with Crippen LogP contribution in [0, 0.1) is 0 Å². The first-order chi connectivity index (χ1) is 12.8. The number of benzene rings is 2. The van der Waals surface area contributed by atoms with Gasteiger partial charge in [0.25, 0.3) is 0 Å². The summed E-state index contributed by atoms with van der Waals surface area (Å²) in [6, 6.07) is 12.9. The molecule has 1 N–H and O–H groups in total. The zero-order valence-corrected chi connectivity index (χ0v) is 15.5. The summed E-state index contributed by atoms with van der Waals surface area (Å²) in [6.07, 6.45) is 1.92. The van der Waals surface area contributed by atoms with Crippen molar-refractivity contribution in [3.8, 4) is 0 Å². The lowest BCUT2D eigenvalue weighted by Crippen LogP contribution is -2.42. The number of alkyl halides is 2. The Morgan fingerprint density at radius 3 is 2.52 bits per heavy atom. The first kappa shape index (κ1) is 19.3. The molecule has 0 spiro atoms.